The number of methoxy groups -OCH3 is 1. The van der Waals surface area contributed by atoms with Gasteiger partial charge in [-0.25, -0.2) is 8.42 Å². The van der Waals surface area contributed by atoms with E-state index in [2.05, 4.69) is 0 Å². The Labute approximate surface area is 182 Å². The molecule has 0 radical (unpaired) electrons. The minimum Gasteiger partial charge on any atom is -0.497 e. The van der Waals surface area contributed by atoms with Crippen molar-refractivity contribution in [2.45, 2.75) is 30.6 Å². The summed E-state index contributed by atoms with van der Waals surface area (Å²) < 4.78 is 32.6. The van der Waals surface area contributed by atoms with Gasteiger partial charge in [0.2, 0.25) is 15.9 Å². The number of fused-ring (bicyclic) bond motifs is 1. The minimum absolute atomic E-state index is 0.0709. The van der Waals surface area contributed by atoms with Crippen LogP contribution in [0.2, 0.25) is 0 Å². The number of anilines is 1. The number of benzene rings is 2. The quantitative estimate of drug-likeness (QED) is 0.731. The molecule has 162 valence electrons. The van der Waals surface area contributed by atoms with Gasteiger partial charge in [-0.2, -0.15) is 9.57 Å². The molecule has 0 unspecified atom stereocenters. The van der Waals surface area contributed by atoms with Crippen LogP contribution in [0.3, 0.4) is 0 Å². The third-order valence-corrected chi connectivity index (χ3v) is 8.01. The van der Waals surface area contributed by atoms with Gasteiger partial charge in [0.25, 0.3) is 0 Å². The lowest BCUT2D eigenvalue weighted by Crippen LogP contribution is -2.45. The van der Waals surface area contributed by atoms with E-state index in [4.69, 9.17) is 10.00 Å². The van der Waals surface area contributed by atoms with E-state index >= 15 is 0 Å². The van der Waals surface area contributed by atoms with E-state index in [1.54, 1.807) is 7.11 Å². The van der Waals surface area contributed by atoms with Crippen molar-refractivity contribution < 1.29 is 17.9 Å². The Balaban J connectivity index is 1.44. The molecule has 0 atom stereocenters. The van der Waals surface area contributed by atoms with E-state index in [0.29, 0.717) is 38.0 Å². The Morgan fingerprint density at radius 2 is 1.81 bits per heavy atom. The Hall–Kier alpha value is -2.89. The fourth-order valence-electron chi connectivity index (χ4n) is 4.34. The van der Waals surface area contributed by atoms with Gasteiger partial charge in [-0.15, -0.1) is 0 Å². The predicted octanol–water partition coefficient (Wildman–Crippen LogP) is 2.95. The van der Waals surface area contributed by atoms with Gasteiger partial charge in [0.15, 0.2) is 0 Å². The number of rotatable bonds is 4. The van der Waals surface area contributed by atoms with Crippen LogP contribution in [-0.2, 0) is 21.2 Å². The van der Waals surface area contributed by atoms with Crippen molar-refractivity contribution >= 4 is 21.6 Å². The fraction of sp³-hybridized carbons (Fsp3) is 0.391. The van der Waals surface area contributed by atoms with Crippen LogP contribution >= 0.6 is 0 Å². The number of ether oxygens (including phenoxy) is 1. The van der Waals surface area contributed by atoms with Crippen molar-refractivity contribution in [3.05, 3.63) is 53.6 Å². The van der Waals surface area contributed by atoms with Crippen molar-refractivity contribution in [3.63, 3.8) is 0 Å². The van der Waals surface area contributed by atoms with Crippen LogP contribution in [-0.4, -0.2) is 45.4 Å². The number of nitrogens with zero attached hydrogens (tertiary/aromatic N) is 3. The second kappa shape index (κ2) is 8.69. The van der Waals surface area contributed by atoms with E-state index in [-0.39, 0.29) is 16.7 Å². The number of carbonyl (C=O) groups is 1. The average molecular weight is 440 g/mol. The molecular weight excluding hydrogens is 414 g/mol. The summed E-state index contributed by atoms with van der Waals surface area (Å²) >= 11 is 0. The van der Waals surface area contributed by atoms with E-state index in [9.17, 15) is 13.2 Å². The van der Waals surface area contributed by atoms with Crippen LogP contribution in [0.1, 0.15) is 30.4 Å². The van der Waals surface area contributed by atoms with Gasteiger partial charge in [-0.05, 0) is 73.7 Å². The molecule has 2 heterocycles. The Morgan fingerprint density at radius 1 is 1.10 bits per heavy atom. The molecule has 7 nitrogen and oxygen atoms in total. The van der Waals surface area contributed by atoms with Crippen LogP contribution in [0, 0.1) is 17.2 Å². The summed E-state index contributed by atoms with van der Waals surface area (Å²) in [5.74, 6) is 0.663. The van der Waals surface area contributed by atoms with Crippen molar-refractivity contribution in [2.75, 3.05) is 31.6 Å². The summed E-state index contributed by atoms with van der Waals surface area (Å²) in [6, 6.07) is 13.7. The zero-order chi connectivity index (χ0) is 22.0. The molecule has 0 aliphatic carbocycles. The number of nitriles is 1. The van der Waals surface area contributed by atoms with Crippen molar-refractivity contribution in [2.24, 2.45) is 5.92 Å². The van der Waals surface area contributed by atoms with Crippen LogP contribution < -0.4 is 9.64 Å². The highest BCUT2D eigenvalue weighted by molar-refractivity contribution is 7.89. The molecule has 1 fully saturated rings. The molecule has 31 heavy (non-hydrogen) atoms. The predicted molar refractivity (Wildman–Crippen MR) is 116 cm³/mol. The van der Waals surface area contributed by atoms with Gasteiger partial charge >= 0.3 is 0 Å². The van der Waals surface area contributed by atoms with E-state index in [0.717, 1.165) is 29.8 Å². The summed E-state index contributed by atoms with van der Waals surface area (Å²) in [5.41, 5.74) is 2.46. The third kappa shape index (κ3) is 4.16. The Bertz CT molecular complexity index is 1110. The average Bonchev–Trinajstić information content (AvgIpc) is 2.83. The van der Waals surface area contributed by atoms with Crippen LogP contribution in [0.5, 0.6) is 5.75 Å². The lowest BCUT2D eigenvalue weighted by molar-refractivity contribution is -0.123. The van der Waals surface area contributed by atoms with E-state index in [1.165, 1.54) is 28.6 Å². The molecule has 1 saturated heterocycles. The maximum absolute atomic E-state index is 13.3. The summed E-state index contributed by atoms with van der Waals surface area (Å²) in [4.78, 5) is 15.3. The zero-order valence-corrected chi connectivity index (χ0v) is 18.3. The lowest BCUT2D eigenvalue weighted by atomic mass is 9.94. The standard InChI is InChI=1S/C23H25N3O4S/c1-30-20-6-9-22-19(15-20)3-2-12-26(22)23(27)18-10-13-25(14-11-18)31(28,29)21-7-4-17(16-24)5-8-21/h4-9,15,18H,2-3,10-14H2,1H3. The van der Waals surface area contributed by atoms with Gasteiger partial charge in [0.1, 0.15) is 5.75 Å². The van der Waals surface area contributed by atoms with Gasteiger partial charge in [-0.1, -0.05) is 0 Å². The molecule has 2 aliphatic heterocycles. The van der Waals surface area contributed by atoms with Crippen molar-refractivity contribution in [3.8, 4) is 11.8 Å². The van der Waals surface area contributed by atoms with Crippen LogP contribution in [0.4, 0.5) is 5.69 Å². The van der Waals surface area contributed by atoms with E-state index in [1.807, 2.05) is 29.2 Å². The van der Waals surface area contributed by atoms with Crippen LogP contribution in [0.15, 0.2) is 47.4 Å². The van der Waals surface area contributed by atoms with Gasteiger partial charge in [0.05, 0.1) is 23.6 Å². The molecule has 0 saturated carbocycles. The number of hydrogen-bond donors (Lipinski definition) is 0. The largest absolute Gasteiger partial charge is 0.497 e. The highest BCUT2D eigenvalue weighted by Gasteiger charge is 2.35. The van der Waals surface area contributed by atoms with Gasteiger partial charge < -0.3 is 9.64 Å². The number of amides is 1. The zero-order valence-electron chi connectivity index (χ0n) is 17.5. The monoisotopic (exact) mass is 439 g/mol. The molecule has 4 rings (SSSR count). The first-order valence-electron chi connectivity index (χ1n) is 10.4. The first kappa shape index (κ1) is 21.3. The smallest absolute Gasteiger partial charge is 0.243 e. The number of piperidine rings is 1. The number of aryl methyl sites for hydroxylation is 1. The highest BCUT2D eigenvalue weighted by Crippen LogP contribution is 2.33. The topological polar surface area (TPSA) is 90.7 Å². The number of carbonyl (C=O) groups excluding carboxylic acids is 1. The third-order valence-electron chi connectivity index (χ3n) is 6.10. The normalized spacial score (nSPS) is 17.6. The molecule has 0 aromatic heterocycles. The summed E-state index contributed by atoms with van der Waals surface area (Å²) in [5, 5.41) is 8.90. The summed E-state index contributed by atoms with van der Waals surface area (Å²) in [7, 11) is -2.00. The SMILES string of the molecule is COc1ccc2c(c1)CCCN2C(=O)C1CCN(S(=O)(=O)c2ccc(C#N)cc2)CC1. The lowest BCUT2D eigenvalue weighted by Gasteiger charge is -2.36. The maximum atomic E-state index is 13.3. The van der Waals surface area contributed by atoms with Gasteiger partial charge in [-0.3, -0.25) is 4.79 Å². The molecule has 0 N–H and O–H groups in total. The first-order chi connectivity index (χ1) is 14.9. The molecule has 0 spiro atoms. The van der Waals surface area contributed by atoms with Crippen molar-refractivity contribution in [1.29, 1.82) is 5.26 Å². The van der Waals surface area contributed by atoms with Crippen LogP contribution in [0.25, 0.3) is 0 Å². The van der Waals surface area contributed by atoms with Gasteiger partial charge in [0, 0.05) is 31.2 Å². The van der Waals surface area contributed by atoms with E-state index < -0.39 is 10.0 Å². The Morgan fingerprint density at radius 3 is 2.45 bits per heavy atom. The number of sulfonamides is 1. The second-order valence-corrected chi connectivity index (χ2v) is 9.84. The Kier molecular flexibility index (Phi) is 5.99. The number of hydrogen-bond acceptors (Lipinski definition) is 5. The molecular formula is C23H25N3O4S. The molecule has 2 aliphatic rings. The first-order valence-corrected chi connectivity index (χ1v) is 11.9. The minimum atomic E-state index is -3.63. The molecule has 1 amide bonds. The summed E-state index contributed by atoms with van der Waals surface area (Å²) in [6.45, 7) is 1.30. The second-order valence-electron chi connectivity index (χ2n) is 7.90. The molecule has 8 heteroatoms. The highest BCUT2D eigenvalue weighted by atomic mass is 32.2. The fourth-order valence-corrected chi connectivity index (χ4v) is 5.81. The maximum Gasteiger partial charge on any atom is 0.243 e. The molecule has 2 aromatic carbocycles. The molecule has 2 aromatic rings. The molecule has 0 bridgehead atoms. The van der Waals surface area contributed by atoms with Crippen molar-refractivity contribution in [1.82, 2.24) is 4.31 Å². The summed E-state index contributed by atoms with van der Waals surface area (Å²) in [6.07, 6.45) is 2.81.